The summed E-state index contributed by atoms with van der Waals surface area (Å²) >= 11 is 0. The van der Waals surface area contributed by atoms with Gasteiger partial charge in [0.25, 0.3) is 0 Å². The lowest BCUT2D eigenvalue weighted by molar-refractivity contribution is 0.276. The molecule has 0 aliphatic rings. The molecule has 1 aromatic heterocycles. The van der Waals surface area contributed by atoms with Gasteiger partial charge in [-0.2, -0.15) is 0 Å². The Balaban J connectivity index is 2.23. The molecule has 0 saturated heterocycles. The van der Waals surface area contributed by atoms with E-state index in [2.05, 4.69) is 29.9 Å². The normalized spacial score (nSPS) is 10.8. The van der Waals surface area contributed by atoms with Crippen LogP contribution in [-0.2, 0) is 6.61 Å². The van der Waals surface area contributed by atoms with E-state index in [1.165, 1.54) is 18.0 Å². The minimum absolute atomic E-state index is 0.116. The third-order valence-corrected chi connectivity index (χ3v) is 2.94. The summed E-state index contributed by atoms with van der Waals surface area (Å²) in [6.45, 7) is 6.17. The average Bonchev–Trinajstić information content (AvgIpc) is 2.42. The molecule has 0 radical (unpaired) electrons. The highest BCUT2D eigenvalue weighted by Crippen LogP contribution is 2.27. The van der Waals surface area contributed by atoms with Gasteiger partial charge in [0.1, 0.15) is 5.75 Å². The maximum absolute atomic E-state index is 8.92. The van der Waals surface area contributed by atoms with E-state index in [0.717, 1.165) is 11.3 Å². The van der Waals surface area contributed by atoms with Crippen molar-refractivity contribution >= 4 is 0 Å². The summed E-state index contributed by atoms with van der Waals surface area (Å²) < 4.78 is 5.74. The molecule has 4 heteroatoms. The minimum atomic E-state index is -0.116. The summed E-state index contributed by atoms with van der Waals surface area (Å²) in [6, 6.07) is 6.18. The number of benzene rings is 1. The molecule has 0 fully saturated rings. The first-order chi connectivity index (χ1) is 9.10. The van der Waals surface area contributed by atoms with Crippen LogP contribution in [0.15, 0.2) is 30.6 Å². The number of hydrogen-bond donors (Lipinski definition) is 1. The van der Waals surface area contributed by atoms with E-state index < -0.39 is 0 Å². The fourth-order valence-corrected chi connectivity index (χ4v) is 1.68. The van der Waals surface area contributed by atoms with Crippen molar-refractivity contribution in [1.29, 1.82) is 0 Å². The van der Waals surface area contributed by atoms with Crippen molar-refractivity contribution in [3.8, 4) is 11.6 Å². The smallest absolute Gasteiger partial charge is 0.237 e. The van der Waals surface area contributed by atoms with Crippen molar-refractivity contribution in [3.63, 3.8) is 0 Å². The van der Waals surface area contributed by atoms with Crippen LogP contribution in [0.5, 0.6) is 11.6 Å². The summed E-state index contributed by atoms with van der Waals surface area (Å²) in [6.07, 6.45) is 3.03. The van der Waals surface area contributed by atoms with Crippen LogP contribution in [0.25, 0.3) is 0 Å². The van der Waals surface area contributed by atoms with E-state index in [-0.39, 0.29) is 6.61 Å². The van der Waals surface area contributed by atoms with E-state index in [0.29, 0.717) is 17.5 Å². The Morgan fingerprint density at radius 1 is 1.21 bits per heavy atom. The van der Waals surface area contributed by atoms with Gasteiger partial charge in [0, 0.05) is 0 Å². The molecule has 0 amide bonds. The quantitative estimate of drug-likeness (QED) is 0.915. The zero-order valence-corrected chi connectivity index (χ0v) is 11.4. The number of aliphatic hydroxyl groups excluding tert-OH is 1. The highest BCUT2D eigenvalue weighted by molar-refractivity contribution is 5.39. The van der Waals surface area contributed by atoms with Gasteiger partial charge >= 0.3 is 0 Å². The van der Waals surface area contributed by atoms with E-state index in [1.807, 2.05) is 19.1 Å². The lowest BCUT2D eigenvalue weighted by atomic mass is 10.0. The van der Waals surface area contributed by atoms with Crippen LogP contribution < -0.4 is 4.74 Å². The molecule has 1 N–H and O–H groups in total. The molecule has 19 heavy (non-hydrogen) atoms. The van der Waals surface area contributed by atoms with Crippen molar-refractivity contribution in [1.82, 2.24) is 9.97 Å². The minimum Gasteiger partial charge on any atom is -0.437 e. The number of hydrogen-bond acceptors (Lipinski definition) is 4. The average molecular weight is 258 g/mol. The predicted octanol–water partition coefficient (Wildman–Crippen LogP) is 3.19. The number of aromatic nitrogens is 2. The molecule has 2 aromatic rings. The molecular formula is C15H18N2O2. The number of aliphatic hydroxyl groups is 1. The van der Waals surface area contributed by atoms with Gasteiger partial charge in [0.05, 0.1) is 24.7 Å². The Morgan fingerprint density at radius 3 is 2.58 bits per heavy atom. The Morgan fingerprint density at radius 2 is 2.00 bits per heavy atom. The monoisotopic (exact) mass is 258 g/mol. The lowest BCUT2D eigenvalue weighted by Crippen LogP contribution is -1.96. The van der Waals surface area contributed by atoms with Gasteiger partial charge in [0.2, 0.25) is 5.88 Å². The zero-order valence-electron chi connectivity index (χ0n) is 11.4. The maximum atomic E-state index is 8.92. The molecule has 0 bridgehead atoms. The number of ether oxygens (including phenoxy) is 1. The van der Waals surface area contributed by atoms with Crippen molar-refractivity contribution < 1.29 is 9.84 Å². The van der Waals surface area contributed by atoms with E-state index in [1.54, 1.807) is 0 Å². The Kier molecular flexibility index (Phi) is 4.12. The Hall–Kier alpha value is -1.94. The third-order valence-electron chi connectivity index (χ3n) is 2.94. The molecule has 0 aliphatic carbocycles. The molecule has 100 valence electrons. The molecular weight excluding hydrogens is 240 g/mol. The fourth-order valence-electron chi connectivity index (χ4n) is 1.68. The highest BCUT2D eigenvalue weighted by Gasteiger charge is 2.07. The van der Waals surface area contributed by atoms with E-state index in [9.17, 15) is 0 Å². The standard InChI is InChI=1S/C15H18N2O2/c1-10(2)12-5-4-11(3)14(6-12)19-15-8-16-13(9-18)7-17-15/h4-8,10,18H,9H2,1-3H3. The lowest BCUT2D eigenvalue weighted by Gasteiger charge is -2.11. The van der Waals surface area contributed by atoms with Gasteiger partial charge in [-0.25, -0.2) is 4.98 Å². The second-order valence-electron chi connectivity index (χ2n) is 4.79. The van der Waals surface area contributed by atoms with Crippen molar-refractivity contribution in [2.75, 3.05) is 0 Å². The topological polar surface area (TPSA) is 55.2 Å². The molecule has 0 spiro atoms. The Bertz CT molecular complexity index is 551. The molecule has 0 atom stereocenters. The van der Waals surface area contributed by atoms with Crippen LogP contribution in [0.4, 0.5) is 0 Å². The van der Waals surface area contributed by atoms with Gasteiger partial charge in [-0.1, -0.05) is 26.0 Å². The van der Waals surface area contributed by atoms with Gasteiger partial charge < -0.3 is 9.84 Å². The van der Waals surface area contributed by atoms with Gasteiger partial charge in [-0.3, -0.25) is 4.98 Å². The number of rotatable bonds is 4. The maximum Gasteiger partial charge on any atom is 0.237 e. The van der Waals surface area contributed by atoms with E-state index >= 15 is 0 Å². The SMILES string of the molecule is Cc1ccc(C(C)C)cc1Oc1cnc(CO)cn1. The summed E-state index contributed by atoms with van der Waals surface area (Å²) in [5, 5.41) is 8.92. The summed E-state index contributed by atoms with van der Waals surface area (Å²) in [7, 11) is 0. The van der Waals surface area contributed by atoms with Crippen LogP contribution >= 0.6 is 0 Å². The molecule has 1 aromatic carbocycles. The largest absolute Gasteiger partial charge is 0.437 e. The van der Waals surface area contributed by atoms with E-state index in [4.69, 9.17) is 9.84 Å². The highest BCUT2D eigenvalue weighted by atomic mass is 16.5. The Labute approximate surface area is 113 Å². The molecule has 2 rings (SSSR count). The van der Waals surface area contributed by atoms with Gasteiger partial charge in [-0.15, -0.1) is 0 Å². The molecule has 4 nitrogen and oxygen atoms in total. The zero-order chi connectivity index (χ0) is 13.8. The summed E-state index contributed by atoms with van der Waals surface area (Å²) in [5.41, 5.74) is 2.80. The number of nitrogens with zero attached hydrogens (tertiary/aromatic N) is 2. The fraction of sp³-hybridized carbons (Fsp3) is 0.333. The van der Waals surface area contributed by atoms with Crippen LogP contribution in [0.3, 0.4) is 0 Å². The molecule has 0 saturated carbocycles. The number of aryl methyl sites for hydroxylation is 1. The van der Waals surface area contributed by atoms with Crippen molar-refractivity contribution in [3.05, 3.63) is 47.4 Å². The van der Waals surface area contributed by atoms with Gasteiger partial charge in [0.15, 0.2) is 0 Å². The predicted molar refractivity (Wildman–Crippen MR) is 73.3 cm³/mol. The molecule has 1 heterocycles. The first-order valence-electron chi connectivity index (χ1n) is 6.30. The second kappa shape index (κ2) is 5.80. The van der Waals surface area contributed by atoms with Gasteiger partial charge in [-0.05, 0) is 30.0 Å². The van der Waals surface area contributed by atoms with Crippen LogP contribution in [0.2, 0.25) is 0 Å². The first-order valence-corrected chi connectivity index (χ1v) is 6.30. The third kappa shape index (κ3) is 3.29. The molecule has 0 unspecified atom stereocenters. The van der Waals surface area contributed by atoms with Crippen molar-refractivity contribution in [2.24, 2.45) is 0 Å². The van der Waals surface area contributed by atoms with Crippen LogP contribution in [-0.4, -0.2) is 15.1 Å². The van der Waals surface area contributed by atoms with Crippen molar-refractivity contribution in [2.45, 2.75) is 33.3 Å². The molecule has 0 aliphatic heterocycles. The van der Waals surface area contributed by atoms with Crippen LogP contribution in [0.1, 0.15) is 36.6 Å². The first kappa shape index (κ1) is 13.5. The summed E-state index contributed by atoms with van der Waals surface area (Å²) in [4.78, 5) is 8.16. The second-order valence-corrected chi connectivity index (χ2v) is 4.79. The van der Waals surface area contributed by atoms with Crippen LogP contribution in [0, 0.1) is 6.92 Å². The summed E-state index contributed by atoms with van der Waals surface area (Å²) in [5.74, 6) is 1.67.